The quantitative estimate of drug-likeness (QED) is 0.234. The number of fused-ring (bicyclic) bond motifs is 1. The van der Waals surface area contributed by atoms with Crippen LogP contribution in [-0.2, 0) is 0 Å². The number of hydrogen-bond donors (Lipinski definition) is 2. The van der Waals surface area contributed by atoms with Gasteiger partial charge in [0.05, 0.1) is 5.69 Å². The molecule has 4 rings (SSSR count). The largest absolute Gasteiger partial charge is 0.354 e. The van der Waals surface area contributed by atoms with E-state index in [1.807, 2.05) is 60.7 Å². The van der Waals surface area contributed by atoms with Gasteiger partial charge < -0.3 is 10.3 Å². The number of carbonyl (C=O) groups is 1. The Morgan fingerprint density at radius 3 is 2.48 bits per heavy atom. The summed E-state index contributed by atoms with van der Waals surface area (Å²) in [4.78, 5) is 17.0. The van der Waals surface area contributed by atoms with E-state index in [-0.39, 0.29) is 5.91 Å². The van der Waals surface area contributed by atoms with Crippen LogP contribution in [0.15, 0.2) is 82.2 Å². The minimum absolute atomic E-state index is 0.0602. The maximum atomic E-state index is 12.3. The van der Waals surface area contributed by atoms with Crippen molar-refractivity contribution in [2.75, 3.05) is 12.3 Å². The van der Waals surface area contributed by atoms with Crippen LogP contribution in [0, 0.1) is 0 Å². The second-order valence-corrected chi connectivity index (χ2v) is 8.95. The van der Waals surface area contributed by atoms with Gasteiger partial charge in [0, 0.05) is 43.2 Å². The highest BCUT2D eigenvalue weighted by molar-refractivity contribution is 9.10. The Bertz CT molecular complexity index is 1140. The van der Waals surface area contributed by atoms with Crippen molar-refractivity contribution in [3.63, 3.8) is 0 Å². The number of rotatable bonds is 6. The summed E-state index contributed by atoms with van der Waals surface area (Å²) < 4.78 is 0.957. The van der Waals surface area contributed by atoms with Crippen molar-refractivity contribution < 1.29 is 4.79 Å². The van der Waals surface area contributed by atoms with Crippen LogP contribution in [0.1, 0.15) is 10.4 Å². The average molecular weight is 486 g/mol. The molecule has 6 heteroatoms. The van der Waals surface area contributed by atoms with Gasteiger partial charge in [0.2, 0.25) is 0 Å². The van der Waals surface area contributed by atoms with Crippen LogP contribution in [-0.4, -0.2) is 23.2 Å². The van der Waals surface area contributed by atoms with E-state index in [0.717, 1.165) is 32.0 Å². The predicted molar refractivity (Wildman–Crippen MR) is 126 cm³/mol. The number of aromatic nitrogens is 1. The molecule has 0 atom stereocenters. The number of carbonyl (C=O) groups excluding carboxylic acids is 1. The molecule has 0 bridgehead atoms. The molecule has 3 aromatic carbocycles. The van der Waals surface area contributed by atoms with Crippen molar-refractivity contribution in [1.82, 2.24) is 10.3 Å². The first-order chi connectivity index (χ1) is 14.1. The van der Waals surface area contributed by atoms with Gasteiger partial charge in [-0.25, -0.2) is 0 Å². The zero-order valence-corrected chi connectivity index (χ0v) is 18.6. The lowest BCUT2D eigenvalue weighted by atomic mass is 10.1. The minimum atomic E-state index is -0.0602. The molecular formula is C23H18BrClN2OS. The SMILES string of the molecule is O=C(NCCSc1c(-c2ccc(Cl)cc2)[nH]c2ccccc12)c1ccc(Br)cc1. The molecule has 0 unspecified atom stereocenters. The van der Waals surface area contributed by atoms with Gasteiger partial charge in [0.15, 0.2) is 0 Å². The topological polar surface area (TPSA) is 44.9 Å². The van der Waals surface area contributed by atoms with Crippen molar-refractivity contribution >= 4 is 56.1 Å². The number of thioether (sulfide) groups is 1. The zero-order chi connectivity index (χ0) is 20.2. The number of halogens is 2. The van der Waals surface area contributed by atoms with E-state index < -0.39 is 0 Å². The summed E-state index contributed by atoms with van der Waals surface area (Å²) in [5.41, 5.74) is 3.92. The van der Waals surface area contributed by atoms with E-state index in [1.54, 1.807) is 11.8 Å². The molecule has 1 amide bonds. The second-order valence-electron chi connectivity index (χ2n) is 6.49. The Kier molecular flexibility index (Phi) is 6.28. The highest BCUT2D eigenvalue weighted by Crippen LogP contribution is 2.37. The lowest BCUT2D eigenvalue weighted by molar-refractivity contribution is 0.0956. The second kappa shape index (κ2) is 9.08. The molecule has 0 saturated carbocycles. The van der Waals surface area contributed by atoms with Gasteiger partial charge in [-0.3, -0.25) is 4.79 Å². The normalized spacial score (nSPS) is 11.0. The van der Waals surface area contributed by atoms with Gasteiger partial charge in [0.25, 0.3) is 5.91 Å². The fourth-order valence-electron chi connectivity index (χ4n) is 3.11. The molecule has 0 saturated heterocycles. The fraction of sp³-hybridized carbons (Fsp3) is 0.0870. The molecule has 1 aromatic heterocycles. The summed E-state index contributed by atoms with van der Waals surface area (Å²) in [6.07, 6.45) is 0. The van der Waals surface area contributed by atoms with Crippen molar-refractivity contribution in [3.8, 4) is 11.3 Å². The lowest BCUT2D eigenvalue weighted by Crippen LogP contribution is -2.25. The number of benzene rings is 3. The molecule has 4 aromatic rings. The number of amides is 1. The molecule has 1 heterocycles. The first kappa shape index (κ1) is 20.1. The van der Waals surface area contributed by atoms with E-state index >= 15 is 0 Å². The van der Waals surface area contributed by atoms with Gasteiger partial charge in [-0.05, 0) is 48.0 Å². The summed E-state index contributed by atoms with van der Waals surface area (Å²) in [5, 5.41) is 4.89. The highest BCUT2D eigenvalue weighted by Gasteiger charge is 2.14. The third-order valence-corrected chi connectivity index (χ3v) is 6.43. The van der Waals surface area contributed by atoms with Crippen molar-refractivity contribution in [1.29, 1.82) is 0 Å². The first-order valence-electron chi connectivity index (χ1n) is 9.15. The van der Waals surface area contributed by atoms with Gasteiger partial charge in [-0.1, -0.05) is 57.9 Å². The Hall–Kier alpha value is -2.21. The van der Waals surface area contributed by atoms with Gasteiger partial charge in [-0.15, -0.1) is 11.8 Å². The van der Waals surface area contributed by atoms with Crippen LogP contribution in [0.5, 0.6) is 0 Å². The van der Waals surface area contributed by atoms with Crippen molar-refractivity contribution in [3.05, 3.63) is 87.9 Å². The molecule has 0 spiro atoms. The molecule has 0 aliphatic carbocycles. The van der Waals surface area contributed by atoms with Crippen LogP contribution in [0.25, 0.3) is 22.2 Å². The van der Waals surface area contributed by atoms with Crippen LogP contribution in [0.2, 0.25) is 5.02 Å². The first-order valence-corrected chi connectivity index (χ1v) is 11.3. The monoisotopic (exact) mass is 484 g/mol. The Labute approximate surface area is 187 Å². The summed E-state index contributed by atoms with van der Waals surface area (Å²) >= 11 is 11.2. The van der Waals surface area contributed by atoms with Crippen molar-refractivity contribution in [2.24, 2.45) is 0 Å². The number of para-hydroxylation sites is 1. The number of aromatic amines is 1. The van der Waals surface area contributed by atoms with Gasteiger partial charge >= 0.3 is 0 Å². The van der Waals surface area contributed by atoms with E-state index in [9.17, 15) is 4.79 Å². The number of hydrogen-bond acceptors (Lipinski definition) is 2. The van der Waals surface area contributed by atoms with E-state index in [1.165, 1.54) is 10.3 Å². The molecule has 2 N–H and O–H groups in total. The third kappa shape index (κ3) is 4.69. The summed E-state index contributed by atoms with van der Waals surface area (Å²) in [6, 6.07) is 23.5. The lowest BCUT2D eigenvalue weighted by Gasteiger charge is -2.07. The highest BCUT2D eigenvalue weighted by atomic mass is 79.9. The Morgan fingerprint density at radius 1 is 1.00 bits per heavy atom. The standard InChI is InChI=1S/C23H18BrClN2OS/c24-17-9-5-16(6-10-17)23(28)26-13-14-29-22-19-3-1-2-4-20(19)27-21(22)15-7-11-18(25)12-8-15/h1-12,27H,13-14H2,(H,26,28). The minimum Gasteiger partial charge on any atom is -0.354 e. The van der Waals surface area contributed by atoms with Crippen LogP contribution in [0.3, 0.4) is 0 Å². The molecule has 3 nitrogen and oxygen atoms in total. The van der Waals surface area contributed by atoms with E-state index in [0.29, 0.717) is 12.1 Å². The van der Waals surface area contributed by atoms with Gasteiger partial charge in [0.1, 0.15) is 0 Å². The molecule has 29 heavy (non-hydrogen) atoms. The third-order valence-electron chi connectivity index (χ3n) is 4.53. The van der Waals surface area contributed by atoms with Gasteiger partial charge in [-0.2, -0.15) is 0 Å². The molecular weight excluding hydrogens is 468 g/mol. The molecule has 0 aliphatic rings. The van der Waals surface area contributed by atoms with Crippen LogP contribution < -0.4 is 5.32 Å². The predicted octanol–water partition coefficient (Wildman–Crippen LogP) is 6.77. The maximum Gasteiger partial charge on any atom is 0.251 e. The van der Waals surface area contributed by atoms with E-state index in [2.05, 4.69) is 38.4 Å². The maximum absolute atomic E-state index is 12.3. The Balaban J connectivity index is 1.48. The molecule has 0 radical (unpaired) electrons. The summed E-state index contributed by atoms with van der Waals surface area (Å²) in [7, 11) is 0. The molecule has 0 fully saturated rings. The van der Waals surface area contributed by atoms with Crippen LogP contribution >= 0.6 is 39.3 Å². The zero-order valence-electron chi connectivity index (χ0n) is 15.4. The number of nitrogens with one attached hydrogen (secondary N) is 2. The van der Waals surface area contributed by atoms with E-state index in [4.69, 9.17) is 11.6 Å². The summed E-state index contributed by atoms with van der Waals surface area (Å²) in [6.45, 7) is 0.582. The van der Waals surface area contributed by atoms with Crippen molar-refractivity contribution in [2.45, 2.75) is 4.90 Å². The molecule has 146 valence electrons. The van der Waals surface area contributed by atoms with Crippen LogP contribution in [0.4, 0.5) is 0 Å². The molecule has 0 aliphatic heterocycles. The number of H-pyrrole nitrogens is 1. The average Bonchev–Trinajstić information content (AvgIpc) is 3.10. The fourth-order valence-corrected chi connectivity index (χ4v) is 4.55. The Morgan fingerprint density at radius 2 is 1.72 bits per heavy atom. The smallest absolute Gasteiger partial charge is 0.251 e. The summed E-state index contributed by atoms with van der Waals surface area (Å²) in [5.74, 6) is 0.708.